The fourth-order valence-corrected chi connectivity index (χ4v) is 1.29. The van der Waals surface area contributed by atoms with E-state index >= 15 is 0 Å². The number of ether oxygens (including phenoxy) is 1. The maximum absolute atomic E-state index is 10.3. The summed E-state index contributed by atoms with van der Waals surface area (Å²) in [4.78, 5) is 10.3. The first-order valence-electron chi connectivity index (χ1n) is 4.15. The van der Waals surface area contributed by atoms with E-state index in [2.05, 4.69) is 4.74 Å². The molecule has 1 heterocycles. The zero-order chi connectivity index (χ0) is 11.7. The third kappa shape index (κ3) is 2.25. The quantitative estimate of drug-likeness (QED) is 0.286. The number of carbonyl (C=O) groups is 1. The largest absolute Gasteiger partial charge is 0.479 e. The number of aliphatic carboxylic acids is 1. The Bertz CT molecular complexity index is 243. The maximum atomic E-state index is 10.3. The van der Waals surface area contributed by atoms with Gasteiger partial charge in [0.1, 0.15) is 24.4 Å². The lowest BCUT2D eigenvalue weighted by Crippen LogP contribution is -2.47. The molecular weight excluding hydrogens is 212 g/mol. The highest BCUT2D eigenvalue weighted by molar-refractivity contribution is 5.72. The number of hydrogen-bond acceptors (Lipinski definition) is 7. The molecule has 0 saturated carbocycles. The summed E-state index contributed by atoms with van der Waals surface area (Å²) < 4.78 is 4.50. The summed E-state index contributed by atoms with van der Waals surface area (Å²) in [5, 5.41) is 53.8. The van der Waals surface area contributed by atoms with Crippen molar-refractivity contribution in [2.75, 3.05) is 0 Å². The minimum atomic E-state index is -2.16. The third-order valence-electron chi connectivity index (χ3n) is 2.19. The van der Waals surface area contributed by atoms with Crippen LogP contribution in [0.3, 0.4) is 0 Å². The van der Waals surface area contributed by atoms with Gasteiger partial charge in [-0.3, -0.25) is 0 Å². The van der Waals surface area contributed by atoms with Crippen molar-refractivity contribution < 1.29 is 40.2 Å². The third-order valence-corrected chi connectivity index (χ3v) is 2.19. The lowest BCUT2D eigenvalue weighted by atomic mass is 10.0. The number of aliphatic hydroxyl groups excluding tert-OH is 5. The van der Waals surface area contributed by atoms with Gasteiger partial charge in [-0.05, 0) is 0 Å². The summed E-state index contributed by atoms with van der Waals surface area (Å²) in [6.07, 6.45) is -10.7. The molecule has 8 heteroatoms. The molecule has 0 aromatic carbocycles. The number of hydrogen-bond donors (Lipinski definition) is 6. The molecule has 0 aliphatic carbocycles. The maximum Gasteiger partial charge on any atom is 0.335 e. The van der Waals surface area contributed by atoms with E-state index in [1.807, 2.05) is 0 Å². The van der Waals surface area contributed by atoms with E-state index in [0.717, 1.165) is 0 Å². The molecule has 0 bridgehead atoms. The second-order valence-corrected chi connectivity index (χ2v) is 3.25. The lowest BCUT2D eigenvalue weighted by Gasteiger charge is -2.22. The van der Waals surface area contributed by atoms with Crippen LogP contribution in [0, 0.1) is 0 Å². The van der Waals surface area contributed by atoms with Gasteiger partial charge in [0.05, 0.1) is 0 Å². The molecule has 1 rings (SSSR count). The Kier molecular flexibility index (Phi) is 3.60. The van der Waals surface area contributed by atoms with Crippen molar-refractivity contribution in [1.82, 2.24) is 0 Å². The Labute approximate surface area is 84.0 Å². The first kappa shape index (κ1) is 12.3. The van der Waals surface area contributed by atoms with Gasteiger partial charge in [-0.2, -0.15) is 0 Å². The van der Waals surface area contributed by atoms with Crippen LogP contribution in [-0.4, -0.2) is 73.4 Å². The van der Waals surface area contributed by atoms with Crippen LogP contribution in [0.15, 0.2) is 0 Å². The Morgan fingerprint density at radius 1 is 1.13 bits per heavy atom. The van der Waals surface area contributed by atoms with Crippen molar-refractivity contribution in [3.63, 3.8) is 0 Å². The van der Waals surface area contributed by atoms with Gasteiger partial charge < -0.3 is 35.4 Å². The van der Waals surface area contributed by atoms with Crippen LogP contribution < -0.4 is 0 Å². The molecule has 0 radical (unpaired) electrons. The number of carboxylic acid groups (broad SMARTS) is 1. The van der Waals surface area contributed by atoms with Crippen LogP contribution in [0.5, 0.6) is 0 Å². The summed E-state index contributed by atoms with van der Waals surface area (Å²) in [6.45, 7) is 0. The zero-order valence-corrected chi connectivity index (χ0v) is 7.46. The van der Waals surface area contributed by atoms with Gasteiger partial charge in [-0.15, -0.1) is 0 Å². The fourth-order valence-electron chi connectivity index (χ4n) is 1.29. The average molecular weight is 224 g/mol. The predicted molar refractivity (Wildman–Crippen MR) is 42.5 cm³/mol. The van der Waals surface area contributed by atoms with Crippen LogP contribution in [0.2, 0.25) is 0 Å². The molecule has 6 N–H and O–H groups in total. The van der Waals surface area contributed by atoms with Crippen molar-refractivity contribution in [2.45, 2.75) is 36.8 Å². The van der Waals surface area contributed by atoms with Crippen LogP contribution in [0.4, 0.5) is 0 Å². The Morgan fingerprint density at radius 3 is 2.00 bits per heavy atom. The first-order chi connectivity index (χ1) is 6.86. The van der Waals surface area contributed by atoms with E-state index in [-0.39, 0.29) is 0 Å². The molecule has 3 unspecified atom stereocenters. The highest BCUT2D eigenvalue weighted by Gasteiger charge is 2.48. The van der Waals surface area contributed by atoms with Gasteiger partial charge in [-0.1, -0.05) is 0 Å². The molecule has 0 amide bonds. The van der Waals surface area contributed by atoms with Crippen LogP contribution in [-0.2, 0) is 9.53 Å². The molecule has 1 aliphatic heterocycles. The summed E-state index contributed by atoms with van der Waals surface area (Å²) in [5.74, 6) is -1.70. The molecule has 0 aromatic heterocycles. The molecule has 88 valence electrons. The van der Waals surface area contributed by atoms with Crippen molar-refractivity contribution in [2.24, 2.45) is 0 Å². The van der Waals surface area contributed by atoms with E-state index < -0.39 is 42.8 Å². The van der Waals surface area contributed by atoms with Gasteiger partial charge in [-0.25, -0.2) is 4.79 Å². The standard InChI is InChI=1S/C7H12O8/c8-1(3(10)6(12)13)5-2(9)4(11)7(14)15-5/h1-5,7-11,14H,(H,12,13)/t1?,2-,3?,4+,5+,7?/m0/s1. The molecule has 0 aromatic rings. The van der Waals surface area contributed by atoms with Crippen molar-refractivity contribution >= 4 is 5.97 Å². The molecular formula is C7H12O8. The number of aliphatic hydroxyl groups is 5. The second kappa shape index (κ2) is 4.39. The molecule has 6 atom stereocenters. The van der Waals surface area contributed by atoms with Gasteiger partial charge in [0.2, 0.25) is 0 Å². The summed E-state index contributed by atoms with van der Waals surface area (Å²) >= 11 is 0. The van der Waals surface area contributed by atoms with Gasteiger partial charge in [0.25, 0.3) is 0 Å². The van der Waals surface area contributed by atoms with Crippen LogP contribution in [0.1, 0.15) is 0 Å². The predicted octanol–water partition coefficient (Wildman–Crippen LogP) is -3.77. The zero-order valence-electron chi connectivity index (χ0n) is 7.46. The first-order valence-corrected chi connectivity index (χ1v) is 4.15. The van der Waals surface area contributed by atoms with Crippen molar-refractivity contribution in [3.8, 4) is 0 Å². The highest BCUT2D eigenvalue weighted by Crippen LogP contribution is 2.23. The molecule has 1 saturated heterocycles. The van der Waals surface area contributed by atoms with E-state index in [9.17, 15) is 15.0 Å². The summed E-state index contributed by atoms with van der Waals surface area (Å²) in [7, 11) is 0. The van der Waals surface area contributed by atoms with E-state index in [0.29, 0.717) is 0 Å². The Balaban J connectivity index is 2.69. The topological polar surface area (TPSA) is 148 Å². The van der Waals surface area contributed by atoms with Crippen molar-refractivity contribution in [3.05, 3.63) is 0 Å². The van der Waals surface area contributed by atoms with E-state index in [1.165, 1.54) is 0 Å². The van der Waals surface area contributed by atoms with E-state index in [1.54, 1.807) is 0 Å². The molecule has 15 heavy (non-hydrogen) atoms. The minimum absolute atomic E-state index is 1.55. The van der Waals surface area contributed by atoms with Crippen LogP contribution >= 0.6 is 0 Å². The molecule has 1 aliphatic rings. The number of rotatable bonds is 3. The molecule has 8 nitrogen and oxygen atoms in total. The molecule has 1 fully saturated rings. The fraction of sp³-hybridized carbons (Fsp3) is 0.857. The molecule has 0 spiro atoms. The average Bonchev–Trinajstić information content (AvgIpc) is 2.43. The van der Waals surface area contributed by atoms with Crippen LogP contribution in [0.25, 0.3) is 0 Å². The van der Waals surface area contributed by atoms with Gasteiger partial charge >= 0.3 is 5.97 Å². The van der Waals surface area contributed by atoms with E-state index in [4.69, 9.17) is 20.4 Å². The highest BCUT2D eigenvalue weighted by atomic mass is 16.6. The number of carboxylic acids is 1. The van der Waals surface area contributed by atoms with Gasteiger partial charge in [0.15, 0.2) is 12.4 Å². The van der Waals surface area contributed by atoms with Crippen molar-refractivity contribution in [1.29, 1.82) is 0 Å². The monoisotopic (exact) mass is 224 g/mol. The Morgan fingerprint density at radius 2 is 1.67 bits per heavy atom. The smallest absolute Gasteiger partial charge is 0.335 e. The normalized spacial score (nSPS) is 40.1. The second-order valence-electron chi connectivity index (χ2n) is 3.25. The summed E-state index contributed by atoms with van der Waals surface area (Å²) in [6, 6.07) is 0. The van der Waals surface area contributed by atoms with Gasteiger partial charge in [0, 0.05) is 0 Å². The minimum Gasteiger partial charge on any atom is -0.479 e. The Hall–Kier alpha value is -0.770. The lowest BCUT2D eigenvalue weighted by molar-refractivity contribution is -0.176. The SMILES string of the molecule is O=C(O)C(O)C(O)[C@H]1OC(O)[C@H](O)[C@@H]1O. The summed E-state index contributed by atoms with van der Waals surface area (Å²) in [5.41, 5.74) is 0.